The fourth-order valence-corrected chi connectivity index (χ4v) is 3.51. The first-order chi connectivity index (χ1) is 16.8. The monoisotopic (exact) mass is 503 g/mol. The fraction of sp³-hybridized carbons (Fsp3) is 0.250. The van der Waals surface area contributed by atoms with Gasteiger partial charge in [0, 0.05) is 31.8 Å². The van der Waals surface area contributed by atoms with Crippen LogP contribution in [0.4, 0.5) is 10.1 Å². The van der Waals surface area contributed by atoms with Gasteiger partial charge in [0.05, 0.1) is 24.3 Å². The molecule has 0 aliphatic rings. The summed E-state index contributed by atoms with van der Waals surface area (Å²) in [4.78, 5) is 39.8. The van der Waals surface area contributed by atoms with E-state index < -0.39 is 28.2 Å². The lowest BCUT2D eigenvalue weighted by molar-refractivity contribution is -0.384. The zero-order valence-electron chi connectivity index (χ0n) is 18.9. The van der Waals surface area contributed by atoms with Gasteiger partial charge in [0.1, 0.15) is 23.1 Å². The second-order valence-corrected chi connectivity index (χ2v) is 8.01. The Labute approximate surface area is 205 Å². The van der Waals surface area contributed by atoms with E-state index in [4.69, 9.17) is 20.8 Å². The van der Waals surface area contributed by atoms with Gasteiger partial charge in [0.2, 0.25) is 5.91 Å². The van der Waals surface area contributed by atoms with Crippen LogP contribution in [0.25, 0.3) is 0 Å². The maximum atomic E-state index is 13.3. The fourth-order valence-electron chi connectivity index (χ4n) is 3.32. The van der Waals surface area contributed by atoms with Crippen molar-refractivity contribution < 1.29 is 28.1 Å². The van der Waals surface area contributed by atoms with Gasteiger partial charge >= 0.3 is 0 Å². The second kappa shape index (κ2) is 12.1. The molecule has 2 aromatic carbocycles. The van der Waals surface area contributed by atoms with Crippen molar-refractivity contribution in [2.24, 2.45) is 0 Å². The van der Waals surface area contributed by atoms with Gasteiger partial charge in [-0.05, 0) is 42.0 Å². The van der Waals surface area contributed by atoms with Gasteiger partial charge in [-0.2, -0.15) is 0 Å². The zero-order valence-corrected chi connectivity index (χ0v) is 19.6. The van der Waals surface area contributed by atoms with Gasteiger partial charge in [-0.15, -0.1) is 0 Å². The van der Waals surface area contributed by atoms with Gasteiger partial charge in [0.25, 0.3) is 11.6 Å². The number of halogens is 2. The third kappa shape index (κ3) is 7.11. The van der Waals surface area contributed by atoms with Crippen LogP contribution in [-0.2, 0) is 22.6 Å². The Morgan fingerprint density at radius 1 is 1.11 bits per heavy atom. The molecule has 0 saturated heterocycles. The smallest absolute Gasteiger partial charge is 0.288 e. The first-order valence-corrected chi connectivity index (χ1v) is 10.9. The predicted octanol–water partition coefficient (Wildman–Crippen LogP) is 4.30. The Morgan fingerprint density at radius 3 is 2.49 bits per heavy atom. The van der Waals surface area contributed by atoms with Gasteiger partial charge < -0.3 is 19.0 Å². The van der Waals surface area contributed by atoms with E-state index in [-0.39, 0.29) is 43.4 Å². The van der Waals surface area contributed by atoms with Gasteiger partial charge in [-0.25, -0.2) is 4.39 Å². The maximum Gasteiger partial charge on any atom is 0.288 e. The van der Waals surface area contributed by atoms with Gasteiger partial charge in [-0.3, -0.25) is 19.7 Å². The summed E-state index contributed by atoms with van der Waals surface area (Å²) in [7, 11) is 1.45. The predicted molar refractivity (Wildman–Crippen MR) is 125 cm³/mol. The molecule has 0 aliphatic heterocycles. The molecule has 1 heterocycles. The quantitative estimate of drug-likeness (QED) is 0.285. The van der Waals surface area contributed by atoms with Crippen LogP contribution in [-0.4, -0.2) is 53.3 Å². The summed E-state index contributed by atoms with van der Waals surface area (Å²) >= 11 is 5.86. The molecular formula is C24H23ClFN3O6. The number of nitro benzene ring substituents is 1. The van der Waals surface area contributed by atoms with Crippen molar-refractivity contribution in [3.8, 4) is 0 Å². The van der Waals surface area contributed by atoms with E-state index in [1.54, 1.807) is 24.3 Å². The average Bonchev–Trinajstić information content (AvgIpc) is 3.35. The highest BCUT2D eigenvalue weighted by atomic mass is 35.5. The summed E-state index contributed by atoms with van der Waals surface area (Å²) in [5, 5.41) is 11.1. The molecule has 11 heteroatoms. The highest BCUT2D eigenvalue weighted by Gasteiger charge is 2.25. The Hall–Kier alpha value is -3.76. The minimum Gasteiger partial charge on any atom is -0.467 e. The number of hydrogen-bond donors (Lipinski definition) is 0. The molecule has 0 spiro atoms. The number of ether oxygens (including phenoxy) is 1. The number of nitro groups is 1. The molecule has 0 unspecified atom stereocenters. The number of benzene rings is 2. The summed E-state index contributed by atoms with van der Waals surface area (Å²) in [6.45, 7) is 0.175. The molecule has 0 saturated carbocycles. The average molecular weight is 504 g/mol. The van der Waals surface area contributed by atoms with Crippen molar-refractivity contribution in [2.45, 2.75) is 13.1 Å². The number of hydrogen-bond acceptors (Lipinski definition) is 6. The summed E-state index contributed by atoms with van der Waals surface area (Å²) < 4.78 is 23.8. The molecule has 0 N–H and O–H groups in total. The number of nitrogens with zero attached hydrogens (tertiary/aromatic N) is 3. The summed E-state index contributed by atoms with van der Waals surface area (Å²) in [6.07, 6.45) is 1.48. The largest absolute Gasteiger partial charge is 0.467 e. The molecule has 2 amide bonds. The molecule has 9 nitrogen and oxygen atoms in total. The second-order valence-electron chi connectivity index (χ2n) is 7.60. The van der Waals surface area contributed by atoms with Gasteiger partial charge in [0.15, 0.2) is 0 Å². The number of carbonyl (C=O) groups excluding carboxylic acids is 2. The number of furan rings is 1. The first-order valence-electron chi connectivity index (χ1n) is 10.5. The van der Waals surface area contributed by atoms with E-state index in [0.717, 1.165) is 6.07 Å². The summed E-state index contributed by atoms with van der Waals surface area (Å²) in [5.41, 5.74) is 0.293. The molecule has 1 aromatic heterocycles. The van der Waals surface area contributed by atoms with E-state index in [0.29, 0.717) is 11.3 Å². The lowest BCUT2D eigenvalue weighted by Gasteiger charge is -2.27. The first kappa shape index (κ1) is 25.9. The molecule has 0 radical (unpaired) electrons. The van der Waals surface area contributed by atoms with E-state index in [9.17, 15) is 24.1 Å². The Balaban J connectivity index is 1.84. The highest BCUT2D eigenvalue weighted by Crippen LogP contribution is 2.26. The standard InChI is InChI=1S/C24H23ClFN3O6/c1-34-12-10-27(24(31)18-6-9-21(25)22(13-18)29(32)33)16-23(30)28(15-20-3-2-11-35-20)14-17-4-7-19(26)8-5-17/h2-9,11,13H,10,12,14-16H2,1H3. The van der Waals surface area contributed by atoms with Crippen LogP contribution in [0.5, 0.6) is 0 Å². The third-order valence-corrected chi connectivity index (χ3v) is 5.45. The van der Waals surface area contributed by atoms with E-state index in [1.807, 2.05) is 0 Å². The molecule has 0 atom stereocenters. The molecule has 35 heavy (non-hydrogen) atoms. The summed E-state index contributed by atoms with van der Waals surface area (Å²) in [5.74, 6) is -0.858. The molecule has 3 aromatic rings. The molecule has 0 fully saturated rings. The highest BCUT2D eigenvalue weighted by molar-refractivity contribution is 6.32. The maximum absolute atomic E-state index is 13.3. The number of carbonyl (C=O) groups is 2. The topological polar surface area (TPSA) is 106 Å². The molecule has 0 aliphatic carbocycles. The minimum absolute atomic E-state index is 0.0149. The van der Waals surface area contributed by atoms with Crippen LogP contribution in [0.2, 0.25) is 5.02 Å². The Bertz CT molecular complexity index is 1170. The lowest BCUT2D eigenvalue weighted by Crippen LogP contribution is -2.43. The number of amides is 2. The zero-order chi connectivity index (χ0) is 25.4. The number of rotatable bonds is 11. The van der Waals surface area contributed by atoms with Crippen LogP contribution in [0, 0.1) is 15.9 Å². The van der Waals surface area contributed by atoms with Crippen molar-refractivity contribution in [1.82, 2.24) is 9.80 Å². The third-order valence-electron chi connectivity index (χ3n) is 5.13. The van der Waals surface area contributed by atoms with E-state index in [1.165, 1.54) is 47.4 Å². The molecule has 184 valence electrons. The number of methoxy groups -OCH3 is 1. The van der Waals surface area contributed by atoms with E-state index in [2.05, 4.69) is 0 Å². The Morgan fingerprint density at radius 2 is 1.86 bits per heavy atom. The lowest BCUT2D eigenvalue weighted by atomic mass is 10.1. The summed E-state index contributed by atoms with van der Waals surface area (Å²) in [6, 6.07) is 12.8. The van der Waals surface area contributed by atoms with Crippen molar-refractivity contribution in [3.05, 3.63) is 98.7 Å². The molecule has 0 bridgehead atoms. The van der Waals surface area contributed by atoms with E-state index >= 15 is 0 Å². The molecule has 3 rings (SSSR count). The SMILES string of the molecule is COCCN(CC(=O)N(Cc1ccc(F)cc1)Cc1ccco1)C(=O)c1ccc(Cl)c([N+](=O)[O-])c1. The van der Waals surface area contributed by atoms with Crippen molar-refractivity contribution in [3.63, 3.8) is 0 Å². The minimum atomic E-state index is -0.683. The normalized spacial score (nSPS) is 10.7. The van der Waals surface area contributed by atoms with Crippen LogP contribution < -0.4 is 0 Å². The van der Waals surface area contributed by atoms with Crippen molar-refractivity contribution >= 4 is 29.1 Å². The Kier molecular flexibility index (Phi) is 8.93. The van der Waals surface area contributed by atoms with Crippen molar-refractivity contribution in [2.75, 3.05) is 26.8 Å². The molecular weight excluding hydrogens is 481 g/mol. The van der Waals surface area contributed by atoms with Crippen LogP contribution in [0.1, 0.15) is 21.7 Å². The van der Waals surface area contributed by atoms with Crippen LogP contribution in [0.15, 0.2) is 65.3 Å². The van der Waals surface area contributed by atoms with Crippen LogP contribution >= 0.6 is 11.6 Å². The van der Waals surface area contributed by atoms with Crippen molar-refractivity contribution in [1.29, 1.82) is 0 Å². The van der Waals surface area contributed by atoms with Gasteiger partial charge in [-0.1, -0.05) is 23.7 Å². The van der Waals surface area contributed by atoms with Crippen LogP contribution in [0.3, 0.4) is 0 Å².